The summed E-state index contributed by atoms with van der Waals surface area (Å²) in [5.41, 5.74) is 0.360. The van der Waals surface area contributed by atoms with Crippen LogP contribution in [0.4, 0.5) is 0 Å². The van der Waals surface area contributed by atoms with Gasteiger partial charge in [0, 0.05) is 16.2 Å². The lowest BCUT2D eigenvalue weighted by molar-refractivity contribution is -0.337. The molecule has 0 amide bonds. The van der Waals surface area contributed by atoms with Crippen LogP contribution in [-0.2, 0) is 28.4 Å². The molecule has 0 atom stereocenters. The van der Waals surface area contributed by atoms with Crippen molar-refractivity contribution >= 4 is 0 Å². The van der Waals surface area contributed by atoms with E-state index in [0.717, 1.165) is 58.9 Å². The van der Waals surface area contributed by atoms with Crippen molar-refractivity contribution in [2.24, 2.45) is 16.2 Å². The molecule has 0 aliphatic carbocycles. The first kappa shape index (κ1) is 19.5. The van der Waals surface area contributed by atoms with E-state index in [9.17, 15) is 0 Å². The Hall–Kier alpha value is -0.240. The van der Waals surface area contributed by atoms with Crippen LogP contribution in [0.15, 0.2) is 0 Å². The Balaban J connectivity index is 1.51. The summed E-state index contributed by atoms with van der Waals surface area (Å²) in [6.07, 6.45) is 3.12. The Bertz CT molecular complexity index is 336. The highest BCUT2D eigenvalue weighted by atomic mass is 16.8. The Kier molecular flexibility index (Phi) is 6.40. The molecular formula is C19H34O6. The minimum Gasteiger partial charge on any atom is -0.380 e. The van der Waals surface area contributed by atoms with Crippen LogP contribution in [0.25, 0.3) is 0 Å². The van der Waals surface area contributed by atoms with E-state index < -0.39 is 6.48 Å². The van der Waals surface area contributed by atoms with Gasteiger partial charge in [-0.15, -0.1) is 0 Å². The Morgan fingerprint density at radius 3 is 1.04 bits per heavy atom. The van der Waals surface area contributed by atoms with Crippen molar-refractivity contribution in [2.45, 2.75) is 46.5 Å². The summed E-state index contributed by atoms with van der Waals surface area (Å²) in [6.45, 7) is 12.3. The quantitative estimate of drug-likeness (QED) is 0.500. The van der Waals surface area contributed by atoms with Gasteiger partial charge in [0.15, 0.2) is 0 Å². The van der Waals surface area contributed by atoms with E-state index >= 15 is 0 Å². The molecule has 0 N–H and O–H groups in total. The van der Waals surface area contributed by atoms with E-state index in [-0.39, 0.29) is 16.2 Å². The molecule has 25 heavy (non-hydrogen) atoms. The lowest BCUT2D eigenvalue weighted by atomic mass is 9.84. The molecule has 3 fully saturated rings. The van der Waals surface area contributed by atoms with Crippen molar-refractivity contribution in [2.75, 3.05) is 59.5 Å². The van der Waals surface area contributed by atoms with Gasteiger partial charge in [-0.1, -0.05) is 20.8 Å². The van der Waals surface area contributed by atoms with Gasteiger partial charge >= 0.3 is 0 Å². The predicted octanol–water partition coefficient (Wildman–Crippen LogP) is 2.60. The molecule has 0 radical (unpaired) electrons. The first-order valence-corrected chi connectivity index (χ1v) is 9.67. The van der Waals surface area contributed by atoms with Gasteiger partial charge in [0.1, 0.15) is 0 Å². The molecule has 0 aromatic heterocycles. The molecule has 3 heterocycles. The van der Waals surface area contributed by atoms with Crippen molar-refractivity contribution in [3.05, 3.63) is 0 Å². The van der Waals surface area contributed by atoms with Crippen LogP contribution in [0.2, 0.25) is 0 Å². The molecule has 6 heteroatoms. The third-order valence-electron chi connectivity index (χ3n) is 6.28. The second-order valence-electron chi connectivity index (χ2n) is 8.26. The van der Waals surface area contributed by atoms with Gasteiger partial charge in [-0.3, -0.25) is 0 Å². The molecule has 3 saturated heterocycles. The summed E-state index contributed by atoms with van der Waals surface area (Å²) >= 11 is 0. The Labute approximate surface area is 151 Å². The second kappa shape index (κ2) is 8.19. The summed E-state index contributed by atoms with van der Waals surface area (Å²) in [5.74, 6) is 0. The lowest BCUT2D eigenvalue weighted by Gasteiger charge is -2.44. The van der Waals surface area contributed by atoms with Gasteiger partial charge in [-0.25, -0.2) is 0 Å². The molecule has 0 saturated carbocycles. The van der Waals surface area contributed by atoms with E-state index in [4.69, 9.17) is 28.4 Å². The molecule has 3 aliphatic heterocycles. The average molecular weight is 358 g/mol. The first-order valence-electron chi connectivity index (χ1n) is 9.67. The van der Waals surface area contributed by atoms with Crippen LogP contribution in [0.5, 0.6) is 0 Å². The third kappa shape index (κ3) is 4.37. The normalized spacial score (nSPS) is 25.9. The highest BCUT2D eigenvalue weighted by Gasteiger charge is 2.42. The van der Waals surface area contributed by atoms with E-state index in [2.05, 4.69) is 20.8 Å². The van der Waals surface area contributed by atoms with Crippen molar-refractivity contribution in [3.63, 3.8) is 0 Å². The van der Waals surface area contributed by atoms with Gasteiger partial charge in [0.05, 0.1) is 59.5 Å². The Morgan fingerprint density at radius 1 is 0.600 bits per heavy atom. The van der Waals surface area contributed by atoms with Crippen LogP contribution in [-0.4, -0.2) is 65.9 Å². The smallest absolute Gasteiger partial charge is 0.271 e. The Morgan fingerprint density at radius 2 is 0.880 bits per heavy atom. The fourth-order valence-electron chi connectivity index (χ4n) is 3.22. The molecule has 6 nitrogen and oxygen atoms in total. The van der Waals surface area contributed by atoms with Crippen molar-refractivity contribution < 1.29 is 28.4 Å². The van der Waals surface area contributed by atoms with E-state index in [1.165, 1.54) is 0 Å². The van der Waals surface area contributed by atoms with Crippen LogP contribution >= 0.6 is 0 Å². The number of ether oxygens (including phenoxy) is 6. The summed E-state index contributed by atoms with van der Waals surface area (Å²) < 4.78 is 34.3. The maximum atomic E-state index is 6.05. The number of hydrogen-bond acceptors (Lipinski definition) is 6. The van der Waals surface area contributed by atoms with Crippen LogP contribution < -0.4 is 0 Å². The van der Waals surface area contributed by atoms with Crippen molar-refractivity contribution in [1.82, 2.24) is 0 Å². The molecule has 0 aromatic carbocycles. The fraction of sp³-hybridized carbons (Fsp3) is 1.00. The maximum absolute atomic E-state index is 6.05. The van der Waals surface area contributed by atoms with Gasteiger partial charge in [0.25, 0.3) is 6.48 Å². The number of hydrogen-bond donors (Lipinski definition) is 0. The zero-order valence-electron chi connectivity index (χ0n) is 16.0. The standard InChI is InChI=1S/C19H34O6/c1-4-17(7-20-8-17)13-23-16(24-14-18(5-2)9-21-10-18)25-15-19(6-3)11-22-12-19/h16H,4-15H2,1-3H3. The summed E-state index contributed by atoms with van der Waals surface area (Å²) in [4.78, 5) is 0. The van der Waals surface area contributed by atoms with E-state index in [1.807, 2.05) is 0 Å². The zero-order chi connectivity index (χ0) is 17.8. The maximum Gasteiger partial charge on any atom is 0.271 e. The fourth-order valence-corrected chi connectivity index (χ4v) is 3.22. The van der Waals surface area contributed by atoms with E-state index in [1.54, 1.807) is 0 Å². The summed E-state index contributed by atoms with van der Waals surface area (Å²) in [5, 5.41) is 0. The molecule has 0 unspecified atom stereocenters. The molecule has 0 bridgehead atoms. The van der Waals surface area contributed by atoms with Gasteiger partial charge in [0.2, 0.25) is 0 Å². The highest BCUT2D eigenvalue weighted by Crippen LogP contribution is 2.35. The minimum absolute atomic E-state index is 0.120. The average Bonchev–Trinajstić information content (AvgIpc) is 2.52. The predicted molar refractivity (Wildman–Crippen MR) is 92.3 cm³/mol. The van der Waals surface area contributed by atoms with Gasteiger partial charge in [-0.05, 0) is 19.3 Å². The van der Waals surface area contributed by atoms with Gasteiger partial charge in [-0.2, -0.15) is 0 Å². The molecule has 0 aromatic rings. The lowest BCUT2D eigenvalue weighted by Crippen LogP contribution is -2.50. The van der Waals surface area contributed by atoms with Crippen LogP contribution in [0.1, 0.15) is 40.0 Å². The summed E-state index contributed by atoms with van der Waals surface area (Å²) in [7, 11) is 0. The molecule has 3 rings (SSSR count). The first-order chi connectivity index (χ1) is 12.1. The van der Waals surface area contributed by atoms with E-state index in [0.29, 0.717) is 19.8 Å². The summed E-state index contributed by atoms with van der Waals surface area (Å²) in [6, 6.07) is 0. The third-order valence-corrected chi connectivity index (χ3v) is 6.28. The SMILES string of the molecule is CCC1(COC(OCC2(CC)COC2)OCC2(CC)COC2)COC1. The highest BCUT2D eigenvalue weighted by molar-refractivity contribution is 4.86. The molecule has 3 aliphatic rings. The van der Waals surface area contributed by atoms with Crippen molar-refractivity contribution in [1.29, 1.82) is 0 Å². The molecule has 146 valence electrons. The van der Waals surface area contributed by atoms with Gasteiger partial charge < -0.3 is 28.4 Å². The topological polar surface area (TPSA) is 55.4 Å². The largest absolute Gasteiger partial charge is 0.380 e. The molecular weight excluding hydrogens is 324 g/mol. The zero-order valence-corrected chi connectivity index (χ0v) is 16.0. The van der Waals surface area contributed by atoms with Crippen LogP contribution in [0.3, 0.4) is 0 Å². The monoisotopic (exact) mass is 358 g/mol. The molecule has 0 spiro atoms. The number of rotatable bonds is 12. The minimum atomic E-state index is -0.628. The van der Waals surface area contributed by atoms with Crippen molar-refractivity contribution in [3.8, 4) is 0 Å². The van der Waals surface area contributed by atoms with Crippen LogP contribution in [0, 0.1) is 16.2 Å². The second-order valence-corrected chi connectivity index (χ2v) is 8.26.